The average Bonchev–Trinajstić information content (AvgIpc) is 3.52. The van der Waals surface area contributed by atoms with Gasteiger partial charge >= 0.3 is 6.01 Å². The number of anilines is 1. The van der Waals surface area contributed by atoms with Gasteiger partial charge in [0.25, 0.3) is 0 Å². The monoisotopic (exact) mass is 486 g/mol. The minimum atomic E-state index is -3.57. The lowest BCUT2D eigenvalue weighted by molar-refractivity contribution is 0.0615. The fourth-order valence-electron chi connectivity index (χ4n) is 4.25. The summed E-state index contributed by atoms with van der Waals surface area (Å²) >= 11 is 0. The number of hydrogen-bond acceptors (Lipinski definition) is 9. The first kappa shape index (κ1) is 22.7. The van der Waals surface area contributed by atoms with E-state index in [1.165, 1.54) is 4.68 Å². The number of benzene rings is 2. The molecule has 1 N–H and O–H groups in total. The summed E-state index contributed by atoms with van der Waals surface area (Å²) < 4.78 is 47.5. The maximum atomic E-state index is 12.7. The second-order valence-corrected chi connectivity index (χ2v) is 10.3. The van der Waals surface area contributed by atoms with Crippen molar-refractivity contribution >= 4 is 15.7 Å². The van der Waals surface area contributed by atoms with Crippen molar-refractivity contribution in [3.8, 4) is 11.8 Å². The fourth-order valence-corrected chi connectivity index (χ4v) is 5.63. The number of hydrogen-bond donors (Lipinski definition) is 1. The Morgan fingerprint density at radius 2 is 1.88 bits per heavy atom. The number of nitrogens with one attached hydrogen (secondary N) is 1. The van der Waals surface area contributed by atoms with Crippen LogP contribution in [0.1, 0.15) is 11.6 Å². The lowest BCUT2D eigenvalue weighted by Crippen LogP contribution is -2.44. The molecule has 12 heteroatoms. The van der Waals surface area contributed by atoms with Crippen LogP contribution in [0.25, 0.3) is 0 Å². The van der Waals surface area contributed by atoms with E-state index < -0.39 is 28.3 Å². The highest BCUT2D eigenvalue weighted by atomic mass is 32.2. The zero-order chi connectivity index (χ0) is 23.7. The van der Waals surface area contributed by atoms with Crippen molar-refractivity contribution in [3.63, 3.8) is 0 Å². The van der Waals surface area contributed by atoms with Gasteiger partial charge in [-0.05, 0) is 28.1 Å². The molecule has 3 heterocycles. The standard InChI is InChI=1S/C22H26N6O5S/c1-27(2)16-9-6-10-17(11-16)33-22-23-25-26-28(22)19-13-32-20-18(12-31-21(19)20)24-34(29,30)14-15-7-4-3-5-8-15/h3-11,18-21,24H,12-14H2,1-2H3. The Kier molecular flexibility index (Phi) is 6.21. The van der Waals surface area contributed by atoms with Crippen molar-refractivity contribution in [2.45, 2.75) is 30.0 Å². The van der Waals surface area contributed by atoms with E-state index in [1.807, 2.05) is 61.5 Å². The van der Waals surface area contributed by atoms with Gasteiger partial charge in [-0.25, -0.2) is 13.1 Å². The number of nitrogens with zero attached hydrogens (tertiary/aromatic N) is 5. The predicted octanol–water partition coefficient (Wildman–Crippen LogP) is 1.36. The van der Waals surface area contributed by atoms with E-state index in [2.05, 4.69) is 20.2 Å². The lowest BCUT2D eigenvalue weighted by atomic mass is 10.1. The van der Waals surface area contributed by atoms with Crippen LogP contribution in [0.4, 0.5) is 5.69 Å². The fraction of sp³-hybridized carbons (Fsp3) is 0.409. The van der Waals surface area contributed by atoms with Gasteiger partial charge in [0.2, 0.25) is 10.0 Å². The van der Waals surface area contributed by atoms with E-state index in [0.29, 0.717) is 11.3 Å². The van der Waals surface area contributed by atoms with Crippen molar-refractivity contribution in [2.75, 3.05) is 32.2 Å². The molecule has 4 unspecified atom stereocenters. The number of sulfonamides is 1. The van der Waals surface area contributed by atoms with Crippen LogP contribution in [0.15, 0.2) is 54.6 Å². The van der Waals surface area contributed by atoms with Crippen LogP contribution < -0.4 is 14.4 Å². The highest BCUT2D eigenvalue weighted by Gasteiger charge is 2.50. The molecule has 2 saturated heterocycles. The van der Waals surface area contributed by atoms with E-state index >= 15 is 0 Å². The molecular weight excluding hydrogens is 460 g/mol. The van der Waals surface area contributed by atoms with Gasteiger partial charge in [-0.2, -0.15) is 4.68 Å². The van der Waals surface area contributed by atoms with Gasteiger partial charge in [-0.15, -0.1) is 0 Å². The number of tetrazole rings is 1. The van der Waals surface area contributed by atoms with Gasteiger partial charge in [-0.1, -0.05) is 41.5 Å². The van der Waals surface area contributed by atoms with Crippen LogP contribution >= 0.6 is 0 Å². The molecule has 0 amide bonds. The molecule has 2 aliphatic rings. The third kappa shape index (κ3) is 4.75. The first-order valence-electron chi connectivity index (χ1n) is 10.9. The molecule has 0 saturated carbocycles. The van der Waals surface area contributed by atoms with Crippen LogP contribution in [0.3, 0.4) is 0 Å². The zero-order valence-electron chi connectivity index (χ0n) is 18.8. The molecule has 2 aromatic carbocycles. The molecule has 180 valence electrons. The maximum absolute atomic E-state index is 12.7. The van der Waals surface area contributed by atoms with E-state index in [-0.39, 0.29) is 31.0 Å². The average molecular weight is 487 g/mol. The molecule has 0 spiro atoms. The summed E-state index contributed by atoms with van der Waals surface area (Å²) in [4.78, 5) is 1.97. The normalized spacial score (nSPS) is 24.2. The summed E-state index contributed by atoms with van der Waals surface area (Å²) in [5.74, 6) is 0.485. The second-order valence-electron chi connectivity index (χ2n) is 8.53. The van der Waals surface area contributed by atoms with Crippen molar-refractivity contribution in [1.29, 1.82) is 0 Å². The highest BCUT2D eigenvalue weighted by molar-refractivity contribution is 7.88. The molecule has 34 heavy (non-hydrogen) atoms. The highest BCUT2D eigenvalue weighted by Crippen LogP contribution is 2.36. The summed E-state index contributed by atoms with van der Waals surface area (Å²) in [6.45, 7) is 0.467. The number of rotatable bonds is 8. The molecular formula is C22H26N6O5S. The summed E-state index contributed by atoms with van der Waals surface area (Å²) in [7, 11) is 0.317. The Bertz CT molecular complexity index is 1240. The number of ether oxygens (including phenoxy) is 3. The Balaban J connectivity index is 1.27. The summed E-state index contributed by atoms with van der Waals surface area (Å²) in [5.41, 5.74) is 1.69. The van der Waals surface area contributed by atoms with Crippen LogP contribution in [-0.4, -0.2) is 74.2 Å². The third-order valence-electron chi connectivity index (χ3n) is 5.88. The van der Waals surface area contributed by atoms with Crippen LogP contribution in [-0.2, 0) is 25.2 Å². The third-order valence-corrected chi connectivity index (χ3v) is 7.25. The molecule has 1 aromatic heterocycles. The summed E-state index contributed by atoms with van der Waals surface area (Å²) in [6, 6.07) is 16.0. The molecule has 3 aromatic rings. The quantitative estimate of drug-likeness (QED) is 0.503. The molecule has 0 radical (unpaired) electrons. The SMILES string of the molecule is CN(C)c1cccc(Oc2nnnn2C2COC3C(NS(=O)(=O)Cc4ccccc4)COC32)c1. The van der Waals surface area contributed by atoms with Crippen LogP contribution in [0.5, 0.6) is 11.8 Å². The van der Waals surface area contributed by atoms with E-state index in [4.69, 9.17) is 14.2 Å². The summed E-state index contributed by atoms with van der Waals surface area (Å²) in [5, 5.41) is 11.9. The first-order valence-corrected chi connectivity index (χ1v) is 12.5. The van der Waals surface area contributed by atoms with Crippen molar-refractivity contribution in [2.24, 2.45) is 0 Å². The van der Waals surface area contributed by atoms with E-state index in [9.17, 15) is 8.42 Å². The zero-order valence-corrected chi connectivity index (χ0v) is 19.6. The minimum absolute atomic E-state index is 0.109. The van der Waals surface area contributed by atoms with Crippen LogP contribution in [0.2, 0.25) is 0 Å². The Labute approximate surface area is 197 Å². The number of fused-ring (bicyclic) bond motifs is 1. The molecule has 0 aliphatic carbocycles. The molecule has 2 aliphatic heterocycles. The van der Waals surface area contributed by atoms with Crippen molar-refractivity contribution in [3.05, 3.63) is 60.2 Å². The van der Waals surface area contributed by atoms with Crippen molar-refractivity contribution < 1.29 is 22.6 Å². The van der Waals surface area contributed by atoms with Gasteiger partial charge in [-0.3, -0.25) is 0 Å². The second kappa shape index (κ2) is 9.29. The Morgan fingerprint density at radius 3 is 2.68 bits per heavy atom. The van der Waals surface area contributed by atoms with Gasteiger partial charge in [0.15, 0.2) is 0 Å². The number of aromatic nitrogens is 4. The first-order chi connectivity index (χ1) is 16.4. The Hall–Kier alpha value is -3.06. The molecule has 11 nitrogen and oxygen atoms in total. The molecule has 2 fully saturated rings. The minimum Gasteiger partial charge on any atom is -0.423 e. The van der Waals surface area contributed by atoms with E-state index in [0.717, 1.165) is 5.69 Å². The summed E-state index contributed by atoms with van der Waals surface area (Å²) in [6.07, 6.45) is -0.868. The van der Waals surface area contributed by atoms with Crippen molar-refractivity contribution in [1.82, 2.24) is 24.9 Å². The smallest absolute Gasteiger partial charge is 0.341 e. The predicted molar refractivity (Wildman–Crippen MR) is 123 cm³/mol. The Morgan fingerprint density at radius 1 is 1.09 bits per heavy atom. The van der Waals surface area contributed by atoms with Crippen LogP contribution in [0, 0.1) is 0 Å². The lowest BCUT2D eigenvalue weighted by Gasteiger charge is -2.18. The largest absolute Gasteiger partial charge is 0.423 e. The van der Waals surface area contributed by atoms with Gasteiger partial charge in [0.05, 0.1) is 25.0 Å². The maximum Gasteiger partial charge on any atom is 0.341 e. The molecule has 0 bridgehead atoms. The van der Waals surface area contributed by atoms with E-state index in [1.54, 1.807) is 12.1 Å². The van der Waals surface area contributed by atoms with Gasteiger partial charge < -0.3 is 19.1 Å². The van der Waals surface area contributed by atoms with Gasteiger partial charge in [0.1, 0.15) is 24.0 Å². The molecule has 5 rings (SSSR count). The topological polar surface area (TPSA) is 121 Å². The molecule has 4 atom stereocenters. The van der Waals surface area contributed by atoms with Gasteiger partial charge in [0, 0.05) is 25.8 Å².